The summed E-state index contributed by atoms with van der Waals surface area (Å²) in [5.74, 6) is 0.691. The zero-order chi connectivity index (χ0) is 14.7. The number of carbonyl (C=O) groups excluding carboxylic acids is 1. The van der Waals surface area contributed by atoms with Crippen LogP contribution in [0.15, 0.2) is 18.2 Å². The number of hydrogen-bond acceptors (Lipinski definition) is 3. The first-order valence-electron chi connectivity index (χ1n) is 7.94. The van der Waals surface area contributed by atoms with Gasteiger partial charge in [0.05, 0.1) is 10.2 Å². The Kier molecular flexibility index (Phi) is 4.54. The molecule has 1 fully saturated rings. The maximum Gasteiger partial charge on any atom is 0.226 e. The van der Waals surface area contributed by atoms with Crippen molar-refractivity contribution < 1.29 is 4.79 Å². The van der Waals surface area contributed by atoms with Crippen LogP contribution in [0.25, 0.3) is 10.2 Å². The largest absolute Gasteiger partial charge is 0.302 e. The van der Waals surface area contributed by atoms with Crippen molar-refractivity contribution in [2.45, 2.75) is 51.9 Å². The van der Waals surface area contributed by atoms with E-state index in [0.717, 1.165) is 21.8 Å². The topological polar surface area (TPSA) is 42.0 Å². The Balaban J connectivity index is 1.65. The fraction of sp³-hybridized carbons (Fsp3) is 0.529. The summed E-state index contributed by atoms with van der Waals surface area (Å²) in [4.78, 5) is 16.6. The van der Waals surface area contributed by atoms with E-state index in [4.69, 9.17) is 0 Å². The summed E-state index contributed by atoms with van der Waals surface area (Å²) in [6.07, 6.45) is 7.96. The second-order valence-corrected chi connectivity index (χ2v) is 6.96. The number of nitrogens with zero attached hydrogens (tertiary/aromatic N) is 1. The molecular weight excluding hydrogens is 280 g/mol. The van der Waals surface area contributed by atoms with Crippen molar-refractivity contribution in [3.8, 4) is 0 Å². The molecule has 3 rings (SSSR count). The van der Waals surface area contributed by atoms with Gasteiger partial charge in [-0.25, -0.2) is 4.98 Å². The van der Waals surface area contributed by atoms with Crippen LogP contribution in [0.4, 0.5) is 5.13 Å². The molecule has 1 aromatic heterocycles. The van der Waals surface area contributed by atoms with E-state index in [9.17, 15) is 4.79 Å². The van der Waals surface area contributed by atoms with Gasteiger partial charge >= 0.3 is 0 Å². The van der Waals surface area contributed by atoms with Crippen molar-refractivity contribution in [2.75, 3.05) is 5.32 Å². The van der Waals surface area contributed by atoms with Crippen LogP contribution in [0, 0.1) is 5.92 Å². The highest BCUT2D eigenvalue weighted by Gasteiger charge is 2.17. The summed E-state index contributed by atoms with van der Waals surface area (Å²) in [5.41, 5.74) is 2.29. The smallest absolute Gasteiger partial charge is 0.226 e. The molecule has 1 heterocycles. The highest BCUT2D eigenvalue weighted by Crippen LogP contribution is 2.29. The number of hydrogen-bond donors (Lipinski definition) is 1. The number of thiazole rings is 1. The number of aryl methyl sites for hydroxylation is 1. The van der Waals surface area contributed by atoms with Gasteiger partial charge < -0.3 is 5.32 Å². The highest BCUT2D eigenvalue weighted by molar-refractivity contribution is 7.22. The van der Waals surface area contributed by atoms with Gasteiger partial charge in [-0.05, 0) is 42.9 Å². The van der Waals surface area contributed by atoms with Gasteiger partial charge in [-0.15, -0.1) is 0 Å². The Morgan fingerprint density at radius 2 is 2.14 bits per heavy atom. The second kappa shape index (κ2) is 6.56. The van der Waals surface area contributed by atoms with Gasteiger partial charge in [-0.3, -0.25) is 4.79 Å². The monoisotopic (exact) mass is 302 g/mol. The predicted molar refractivity (Wildman–Crippen MR) is 88.8 cm³/mol. The standard InChI is InChI=1S/C17H22N2OS/c1-2-12-8-9-14-15(10-12)21-17(18-14)19-16(20)11-13-6-4-3-5-7-13/h8-10,13H,2-7,11H2,1H3,(H,18,19,20). The van der Waals surface area contributed by atoms with Gasteiger partial charge in [-0.2, -0.15) is 0 Å². The van der Waals surface area contributed by atoms with E-state index in [0.29, 0.717) is 12.3 Å². The summed E-state index contributed by atoms with van der Waals surface area (Å²) in [7, 11) is 0. The lowest BCUT2D eigenvalue weighted by Crippen LogP contribution is -2.18. The van der Waals surface area contributed by atoms with Crippen molar-refractivity contribution in [1.82, 2.24) is 4.98 Å². The first-order valence-corrected chi connectivity index (χ1v) is 8.75. The van der Waals surface area contributed by atoms with E-state index >= 15 is 0 Å². The number of nitrogens with one attached hydrogen (secondary N) is 1. The number of amides is 1. The van der Waals surface area contributed by atoms with Crippen LogP contribution in [0.1, 0.15) is 51.0 Å². The zero-order valence-electron chi connectivity index (χ0n) is 12.5. The molecule has 0 radical (unpaired) electrons. The molecule has 2 aromatic rings. The van der Waals surface area contributed by atoms with Gasteiger partial charge in [-0.1, -0.05) is 43.6 Å². The summed E-state index contributed by atoms with van der Waals surface area (Å²) in [5, 5.41) is 3.72. The molecule has 0 atom stereocenters. The number of aromatic nitrogens is 1. The fourth-order valence-corrected chi connectivity index (χ4v) is 4.01. The van der Waals surface area contributed by atoms with Gasteiger partial charge in [0.2, 0.25) is 5.91 Å². The van der Waals surface area contributed by atoms with E-state index in [2.05, 4.69) is 29.4 Å². The molecule has 0 saturated heterocycles. The van der Waals surface area contributed by atoms with E-state index in [1.54, 1.807) is 11.3 Å². The molecule has 1 N–H and O–H groups in total. The maximum atomic E-state index is 12.1. The Hall–Kier alpha value is -1.42. The quantitative estimate of drug-likeness (QED) is 0.884. The molecule has 3 nitrogen and oxygen atoms in total. The van der Waals surface area contributed by atoms with Gasteiger partial charge in [0.1, 0.15) is 0 Å². The van der Waals surface area contributed by atoms with Crippen molar-refractivity contribution >= 4 is 32.6 Å². The normalized spacial score (nSPS) is 16.2. The van der Waals surface area contributed by atoms with Crippen LogP contribution >= 0.6 is 11.3 Å². The third-order valence-electron chi connectivity index (χ3n) is 4.31. The van der Waals surface area contributed by atoms with Crippen LogP contribution in [-0.2, 0) is 11.2 Å². The van der Waals surface area contributed by atoms with Gasteiger partial charge in [0, 0.05) is 6.42 Å². The molecule has 1 saturated carbocycles. The molecule has 1 aliphatic rings. The van der Waals surface area contributed by atoms with E-state index in [-0.39, 0.29) is 5.91 Å². The fourth-order valence-electron chi connectivity index (χ4n) is 3.07. The van der Waals surface area contributed by atoms with E-state index in [1.165, 1.54) is 37.7 Å². The van der Waals surface area contributed by atoms with Crippen molar-refractivity contribution in [3.63, 3.8) is 0 Å². The van der Waals surface area contributed by atoms with Crippen molar-refractivity contribution in [3.05, 3.63) is 23.8 Å². The van der Waals surface area contributed by atoms with Crippen LogP contribution in [0.5, 0.6) is 0 Å². The molecule has 1 aliphatic carbocycles. The lowest BCUT2D eigenvalue weighted by molar-refractivity contribution is -0.117. The van der Waals surface area contributed by atoms with Crippen LogP contribution in [0.2, 0.25) is 0 Å². The molecule has 4 heteroatoms. The number of fused-ring (bicyclic) bond motifs is 1. The third-order valence-corrected chi connectivity index (χ3v) is 5.24. The first-order chi connectivity index (χ1) is 10.2. The van der Waals surface area contributed by atoms with Crippen molar-refractivity contribution in [1.29, 1.82) is 0 Å². The minimum atomic E-state index is 0.122. The molecule has 112 valence electrons. The van der Waals surface area contributed by atoms with Crippen molar-refractivity contribution in [2.24, 2.45) is 5.92 Å². The molecule has 1 amide bonds. The number of benzene rings is 1. The lowest BCUT2D eigenvalue weighted by Gasteiger charge is -2.20. The minimum Gasteiger partial charge on any atom is -0.302 e. The van der Waals surface area contributed by atoms with E-state index in [1.807, 2.05) is 6.07 Å². The molecule has 0 aliphatic heterocycles. The molecule has 0 unspecified atom stereocenters. The number of carbonyl (C=O) groups is 1. The Morgan fingerprint density at radius 3 is 2.90 bits per heavy atom. The molecule has 0 spiro atoms. The summed E-state index contributed by atoms with van der Waals surface area (Å²) < 4.78 is 1.15. The Morgan fingerprint density at radius 1 is 1.33 bits per heavy atom. The number of rotatable bonds is 4. The lowest BCUT2D eigenvalue weighted by atomic mass is 9.87. The zero-order valence-corrected chi connectivity index (χ0v) is 13.3. The molecular formula is C17H22N2OS. The maximum absolute atomic E-state index is 12.1. The highest BCUT2D eigenvalue weighted by atomic mass is 32.1. The summed E-state index contributed by atoms with van der Waals surface area (Å²) in [6, 6.07) is 6.32. The Labute approximate surface area is 129 Å². The summed E-state index contributed by atoms with van der Waals surface area (Å²) >= 11 is 1.57. The molecule has 21 heavy (non-hydrogen) atoms. The van der Waals surface area contributed by atoms with Gasteiger partial charge in [0.25, 0.3) is 0 Å². The summed E-state index contributed by atoms with van der Waals surface area (Å²) in [6.45, 7) is 2.15. The van der Waals surface area contributed by atoms with E-state index < -0.39 is 0 Å². The average molecular weight is 302 g/mol. The third kappa shape index (κ3) is 3.62. The SMILES string of the molecule is CCc1ccc2nc(NC(=O)CC3CCCCC3)sc2c1. The number of anilines is 1. The predicted octanol–water partition coefficient (Wildman–Crippen LogP) is 4.77. The Bertz CT molecular complexity index is 629. The molecule has 1 aromatic carbocycles. The minimum absolute atomic E-state index is 0.122. The van der Waals surface area contributed by atoms with Crippen LogP contribution < -0.4 is 5.32 Å². The van der Waals surface area contributed by atoms with Crippen LogP contribution in [-0.4, -0.2) is 10.9 Å². The molecule has 0 bridgehead atoms. The van der Waals surface area contributed by atoms with Crippen LogP contribution in [0.3, 0.4) is 0 Å². The second-order valence-electron chi connectivity index (χ2n) is 5.93. The van der Waals surface area contributed by atoms with Gasteiger partial charge in [0.15, 0.2) is 5.13 Å². The first kappa shape index (κ1) is 14.5. The average Bonchev–Trinajstić information content (AvgIpc) is 2.89.